The number of halogens is 1. The zero-order valence-electron chi connectivity index (χ0n) is 13.3. The molecule has 1 aliphatic carbocycles. The van der Waals surface area contributed by atoms with Gasteiger partial charge in [0.1, 0.15) is 0 Å². The summed E-state index contributed by atoms with van der Waals surface area (Å²) >= 11 is 6.21. The Kier molecular flexibility index (Phi) is 4.66. The van der Waals surface area contributed by atoms with Crippen molar-refractivity contribution in [2.75, 3.05) is 20.6 Å². The standard InChI is InChI=1S/C20H22ClN/c1-22(2)13-5-8-20-18-7-4-3-6-15(18)9-10-16-14-17(21)11-12-19(16)20/h3-4,6-8,11-12,14H,5,9-10,13H2,1-2H3/b20-8+. The maximum Gasteiger partial charge on any atom is 0.0409 e. The van der Waals surface area contributed by atoms with Crippen molar-refractivity contribution in [1.82, 2.24) is 4.90 Å². The molecule has 0 radical (unpaired) electrons. The van der Waals surface area contributed by atoms with Crippen LogP contribution in [-0.2, 0) is 12.8 Å². The van der Waals surface area contributed by atoms with E-state index in [-0.39, 0.29) is 0 Å². The monoisotopic (exact) mass is 311 g/mol. The van der Waals surface area contributed by atoms with Gasteiger partial charge in [0.15, 0.2) is 0 Å². The zero-order chi connectivity index (χ0) is 15.5. The fourth-order valence-corrected chi connectivity index (χ4v) is 3.33. The smallest absolute Gasteiger partial charge is 0.0409 e. The van der Waals surface area contributed by atoms with E-state index in [4.69, 9.17) is 11.6 Å². The van der Waals surface area contributed by atoms with Gasteiger partial charge in [0.05, 0.1) is 0 Å². The van der Waals surface area contributed by atoms with Gasteiger partial charge in [-0.15, -0.1) is 0 Å². The Bertz CT molecular complexity index is 701. The average molecular weight is 312 g/mol. The molecule has 2 aromatic rings. The van der Waals surface area contributed by atoms with Crippen LogP contribution in [0, 0.1) is 0 Å². The molecule has 0 fully saturated rings. The van der Waals surface area contributed by atoms with Gasteiger partial charge in [-0.25, -0.2) is 0 Å². The van der Waals surface area contributed by atoms with Gasteiger partial charge in [0, 0.05) is 11.6 Å². The van der Waals surface area contributed by atoms with Crippen LogP contribution in [-0.4, -0.2) is 25.5 Å². The Morgan fingerprint density at radius 3 is 2.55 bits per heavy atom. The van der Waals surface area contributed by atoms with E-state index >= 15 is 0 Å². The molecule has 1 aliphatic rings. The van der Waals surface area contributed by atoms with Crippen LogP contribution in [0.5, 0.6) is 0 Å². The van der Waals surface area contributed by atoms with Crippen molar-refractivity contribution in [3.8, 4) is 0 Å². The molecule has 0 N–H and O–H groups in total. The lowest BCUT2D eigenvalue weighted by Gasteiger charge is -2.13. The van der Waals surface area contributed by atoms with Gasteiger partial charge in [0.25, 0.3) is 0 Å². The van der Waals surface area contributed by atoms with Gasteiger partial charge >= 0.3 is 0 Å². The molecule has 1 nitrogen and oxygen atoms in total. The fraction of sp³-hybridized carbons (Fsp3) is 0.300. The molecule has 0 aliphatic heterocycles. The normalized spacial score (nSPS) is 15.5. The van der Waals surface area contributed by atoms with Gasteiger partial charge in [0.2, 0.25) is 0 Å². The Labute approximate surface area is 138 Å². The molecule has 22 heavy (non-hydrogen) atoms. The highest BCUT2D eigenvalue weighted by atomic mass is 35.5. The predicted octanol–water partition coefficient (Wildman–Crippen LogP) is 4.82. The molecule has 3 rings (SSSR count). The van der Waals surface area contributed by atoms with Crippen molar-refractivity contribution in [2.24, 2.45) is 0 Å². The Balaban J connectivity index is 2.08. The predicted molar refractivity (Wildman–Crippen MR) is 95.6 cm³/mol. The topological polar surface area (TPSA) is 3.24 Å². The summed E-state index contributed by atoms with van der Waals surface area (Å²) in [5.41, 5.74) is 6.88. The van der Waals surface area contributed by atoms with Crippen molar-refractivity contribution >= 4 is 17.2 Å². The minimum atomic E-state index is 0.831. The third-order valence-electron chi connectivity index (χ3n) is 4.25. The van der Waals surface area contributed by atoms with Gasteiger partial charge in [-0.3, -0.25) is 0 Å². The van der Waals surface area contributed by atoms with Gasteiger partial charge < -0.3 is 4.90 Å². The molecule has 0 unspecified atom stereocenters. The van der Waals surface area contributed by atoms with E-state index < -0.39 is 0 Å². The molecule has 0 bridgehead atoms. The zero-order valence-corrected chi connectivity index (χ0v) is 14.0. The lowest BCUT2D eigenvalue weighted by atomic mass is 9.93. The van der Waals surface area contributed by atoms with E-state index in [1.165, 1.54) is 27.8 Å². The Hall–Kier alpha value is -1.57. The first-order chi connectivity index (χ1) is 10.6. The van der Waals surface area contributed by atoms with Crippen LogP contribution in [0.25, 0.3) is 5.57 Å². The van der Waals surface area contributed by atoms with Crippen LogP contribution in [0.4, 0.5) is 0 Å². The second-order valence-corrected chi connectivity index (χ2v) is 6.60. The molecule has 2 aromatic carbocycles. The minimum absolute atomic E-state index is 0.831. The first-order valence-corrected chi connectivity index (χ1v) is 8.25. The third kappa shape index (κ3) is 3.26. The number of hydrogen-bond acceptors (Lipinski definition) is 1. The lowest BCUT2D eigenvalue weighted by molar-refractivity contribution is 0.417. The maximum atomic E-state index is 6.21. The summed E-state index contributed by atoms with van der Waals surface area (Å²) in [4.78, 5) is 2.22. The number of aryl methyl sites for hydroxylation is 2. The molecular weight excluding hydrogens is 290 g/mol. The molecule has 2 heteroatoms. The highest BCUT2D eigenvalue weighted by Gasteiger charge is 2.17. The van der Waals surface area contributed by atoms with Crippen molar-refractivity contribution in [3.63, 3.8) is 0 Å². The summed E-state index contributed by atoms with van der Waals surface area (Å²) in [6.07, 6.45) is 5.57. The van der Waals surface area contributed by atoms with E-state index in [0.29, 0.717) is 0 Å². The van der Waals surface area contributed by atoms with Crippen LogP contribution in [0.15, 0.2) is 48.5 Å². The summed E-state index contributed by atoms with van der Waals surface area (Å²) in [6, 6.07) is 15.1. The molecule has 0 atom stereocenters. The molecule has 0 aromatic heterocycles. The first-order valence-electron chi connectivity index (χ1n) is 7.87. The number of fused-ring (bicyclic) bond motifs is 2. The van der Waals surface area contributed by atoms with Crippen molar-refractivity contribution in [2.45, 2.75) is 19.3 Å². The molecular formula is C20H22ClN. The molecule has 0 saturated carbocycles. The van der Waals surface area contributed by atoms with E-state index in [1.54, 1.807) is 0 Å². The lowest BCUT2D eigenvalue weighted by Crippen LogP contribution is -2.12. The van der Waals surface area contributed by atoms with Crippen LogP contribution in [0.3, 0.4) is 0 Å². The fourth-order valence-electron chi connectivity index (χ4n) is 3.13. The first kappa shape index (κ1) is 15.3. The Morgan fingerprint density at radius 1 is 1.00 bits per heavy atom. The summed E-state index contributed by atoms with van der Waals surface area (Å²) in [5, 5.41) is 0.831. The van der Waals surface area contributed by atoms with Crippen LogP contribution in [0.1, 0.15) is 28.7 Å². The molecule has 0 saturated heterocycles. The highest BCUT2D eigenvalue weighted by Crippen LogP contribution is 2.34. The largest absolute Gasteiger partial charge is 0.309 e. The summed E-state index contributed by atoms with van der Waals surface area (Å²) in [5.74, 6) is 0. The molecule has 0 spiro atoms. The third-order valence-corrected chi connectivity index (χ3v) is 4.49. The second-order valence-electron chi connectivity index (χ2n) is 6.17. The summed E-state index contributed by atoms with van der Waals surface area (Å²) < 4.78 is 0. The minimum Gasteiger partial charge on any atom is -0.309 e. The van der Waals surface area contributed by atoms with Crippen LogP contribution >= 0.6 is 11.6 Å². The van der Waals surface area contributed by atoms with E-state index in [1.807, 2.05) is 6.07 Å². The SMILES string of the molecule is CN(C)CC/C=C1\c2ccccc2CCc2cc(Cl)ccc21. The quantitative estimate of drug-likeness (QED) is 0.785. The van der Waals surface area contributed by atoms with Gasteiger partial charge in [-0.05, 0) is 73.3 Å². The molecule has 0 heterocycles. The average Bonchev–Trinajstić information content (AvgIpc) is 2.64. The number of hydrogen-bond donors (Lipinski definition) is 0. The number of nitrogens with zero attached hydrogens (tertiary/aromatic N) is 1. The molecule has 114 valence electrons. The Morgan fingerprint density at radius 2 is 1.73 bits per heavy atom. The van der Waals surface area contributed by atoms with E-state index in [9.17, 15) is 0 Å². The van der Waals surface area contributed by atoms with Crippen LogP contribution in [0.2, 0.25) is 5.02 Å². The van der Waals surface area contributed by atoms with E-state index in [0.717, 1.165) is 30.8 Å². The highest BCUT2D eigenvalue weighted by molar-refractivity contribution is 6.30. The van der Waals surface area contributed by atoms with Gasteiger partial charge in [-0.2, -0.15) is 0 Å². The van der Waals surface area contributed by atoms with Crippen molar-refractivity contribution in [1.29, 1.82) is 0 Å². The maximum absolute atomic E-state index is 6.21. The van der Waals surface area contributed by atoms with Gasteiger partial charge in [-0.1, -0.05) is 48.0 Å². The molecule has 0 amide bonds. The van der Waals surface area contributed by atoms with Crippen LogP contribution < -0.4 is 0 Å². The number of rotatable bonds is 3. The summed E-state index contributed by atoms with van der Waals surface area (Å²) in [7, 11) is 4.24. The van der Waals surface area contributed by atoms with Crippen molar-refractivity contribution < 1.29 is 0 Å². The van der Waals surface area contributed by atoms with E-state index in [2.05, 4.69) is 61.5 Å². The second kappa shape index (κ2) is 6.68. The number of benzene rings is 2. The summed E-state index contributed by atoms with van der Waals surface area (Å²) in [6.45, 7) is 1.06. The van der Waals surface area contributed by atoms with Crippen molar-refractivity contribution in [3.05, 3.63) is 75.8 Å².